The van der Waals surface area contributed by atoms with E-state index in [0.717, 1.165) is 25.0 Å². The van der Waals surface area contributed by atoms with E-state index in [0.29, 0.717) is 12.5 Å². The molecule has 0 amide bonds. The Morgan fingerprint density at radius 1 is 1.53 bits per heavy atom. The van der Waals surface area contributed by atoms with Crippen molar-refractivity contribution in [2.24, 2.45) is 0 Å². The summed E-state index contributed by atoms with van der Waals surface area (Å²) in [7, 11) is 0. The molecule has 0 aromatic carbocycles. The van der Waals surface area contributed by atoms with E-state index in [1.165, 1.54) is 25.7 Å². The second-order valence-electron chi connectivity index (χ2n) is 5.87. The van der Waals surface area contributed by atoms with Crippen molar-refractivity contribution in [2.45, 2.75) is 63.5 Å². The molecule has 4 heteroatoms. The fourth-order valence-electron chi connectivity index (χ4n) is 3.48. The number of carbonyl (C=O) groups is 1. The molecular weight excluding hydrogens is 240 g/mol. The van der Waals surface area contributed by atoms with Gasteiger partial charge in [-0.2, -0.15) is 5.10 Å². The standard InChI is InChI=1S/C15H22N2O2/c1-2-14(18)12-10-16-17(11-12)13-5-8-19-15(9-13)6-3-4-7-15/h10-11,13H,2-9H2,1H3. The Balaban J connectivity index is 1.74. The molecule has 1 aromatic rings. The van der Waals surface area contributed by atoms with Gasteiger partial charge in [0.05, 0.1) is 23.4 Å². The summed E-state index contributed by atoms with van der Waals surface area (Å²) >= 11 is 0. The Morgan fingerprint density at radius 2 is 2.32 bits per heavy atom. The highest BCUT2D eigenvalue weighted by atomic mass is 16.5. The van der Waals surface area contributed by atoms with E-state index in [1.54, 1.807) is 6.20 Å². The minimum absolute atomic E-state index is 0.101. The van der Waals surface area contributed by atoms with Gasteiger partial charge in [-0.15, -0.1) is 0 Å². The Morgan fingerprint density at radius 3 is 3.05 bits per heavy atom. The van der Waals surface area contributed by atoms with Crippen LogP contribution in [0.3, 0.4) is 0 Å². The van der Waals surface area contributed by atoms with Crippen LogP contribution in [0.4, 0.5) is 0 Å². The van der Waals surface area contributed by atoms with E-state index < -0.39 is 0 Å². The van der Waals surface area contributed by atoms with Crippen LogP contribution in [0.5, 0.6) is 0 Å². The maximum absolute atomic E-state index is 11.7. The van der Waals surface area contributed by atoms with Crippen molar-refractivity contribution in [1.29, 1.82) is 0 Å². The predicted octanol–water partition coefficient (Wildman–Crippen LogP) is 3.14. The van der Waals surface area contributed by atoms with Crippen molar-refractivity contribution >= 4 is 5.78 Å². The summed E-state index contributed by atoms with van der Waals surface area (Å²) < 4.78 is 8.04. The van der Waals surface area contributed by atoms with Crippen LogP contribution in [-0.2, 0) is 4.74 Å². The van der Waals surface area contributed by atoms with Gasteiger partial charge in [-0.25, -0.2) is 0 Å². The fourth-order valence-corrected chi connectivity index (χ4v) is 3.48. The van der Waals surface area contributed by atoms with Gasteiger partial charge in [0, 0.05) is 19.2 Å². The lowest BCUT2D eigenvalue weighted by Gasteiger charge is -2.38. The van der Waals surface area contributed by atoms with Crippen LogP contribution >= 0.6 is 0 Å². The van der Waals surface area contributed by atoms with Crippen LogP contribution in [0.1, 0.15) is 68.3 Å². The molecule has 1 aromatic heterocycles. The summed E-state index contributed by atoms with van der Waals surface area (Å²) in [4.78, 5) is 11.7. The van der Waals surface area contributed by atoms with E-state index in [-0.39, 0.29) is 11.4 Å². The first kappa shape index (κ1) is 12.9. The summed E-state index contributed by atoms with van der Waals surface area (Å²) in [5.41, 5.74) is 0.846. The highest BCUT2D eigenvalue weighted by Crippen LogP contribution is 2.43. The van der Waals surface area contributed by atoms with Gasteiger partial charge in [-0.1, -0.05) is 19.8 Å². The van der Waals surface area contributed by atoms with Gasteiger partial charge < -0.3 is 4.74 Å². The third-order valence-corrected chi connectivity index (χ3v) is 4.60. The Kier molecular flexibility index (Phi) is 3.44. The van der Waals surface area contributed by atoms with Crippen molar-refractivity contribution < 1.29 is 9.53 Å². The number of nitrogens with zero attached hydrogens (tertiary/aromatic N) is 2. The van der Waals surface area contributed by atoms with Crippen LogP contribution < -0.4 is 0 Å². The maximum Gasteiger partial charge on any atom is 0.165 e. The average molecular weight is 262 g/mol. The highest BCUT2D eigenvalue weighted by molar-refractivity contribution is 5.95. The monoisotopic (exact) mass is 262 g/mol. The summed E-state index contributed by atoms with van der Waals surface area (Å²) in [6.45, 7) is 2.71. The lowest BCUT2D eigenvalue weighted by Crippen LogP contribution is -2.38. The molecule has 1 aliphatic heterocycles. The molecule has 2 fully saturated rings. The molecule has 4 nitrogen and oxygen atoms in total. The van der Waals surface area contributed by atoms with E-state index >= 15 is 0 Å². The van der Waals surface area contributed by atoms with Crippen LogP contribution in [0.15, 0.2) is 12.4 Å². The maximum atomic E-state index is 11.7. The Bertz CT molecular complexity index is 460. The fraction of sp³-hybridized carbons (Fsp3) is 0.733. The smallest absolute Gasteiger partial charge is 0.165 e. The van der Waals surface area contributed by atoms with Gasteiger partial charge in [0.1, 0.15) is 0 Å². The van der Waals surface area contributed by atoms with E-state index in [2.05, 4.69) is 5.10 Å². The molecular formula is C15H22N2O2. The topological polar surface area (TPSA) is 44.1 Å². The molecule has 104 valence electrons. The summed E-state index contributed by atoms with van der Waals surface area (Å²) in [6, 6.07) is 0.394. The van der Waals surface area contributed by atoms with E-state index in [1.807, 2.05) is 17.8 Å². The summed E-state index contributed by atoms with van der Waals surface area (Å²) in [6.07, 6.45) is 11.2. The normalized spacial score (nSPS) is 25.8. The molecule has 0 N–H and O–H groups in total. The first-order valence-electron chi connectivity index (χ1n) is 7.44. The third kappa shape index (κ3) is 2.46. The third-order valence-electron chi connectivity index (χ3n) is 4.60. The van der Waals surface area contributed by atoms with Gasteiger partial charge in [-0.3, -0.25) is 9.48 Å². The van der Waals surface area contributed by atoms with Crippen molar-refractivity contribution in [3.63, 3.8) is 0 Å². The number of carbonyl (C=O) groups excluding carboxylic acids is 1. The molecule has 1 atom stereocenters. The average Bonchev–Trinajstić information content (AvgIpc) is 3.08. The largest absolute Gasteiger partial charge is 0.375 e. The number of rotatable bonds is 3. The Hall–Kier alpha value is -1.16. The summed E-state index contributed by atoms with van der Waals surface area (Å²) in [5, 5.41) is 4.40. The SMILES string of the molecule is CCC(=O)c1cnn(C2CCOC3(CCCC3)C2)c1. The van der Waals surface area contributed by atoms with E-state index in [9.17, 15) is 4.79 Å². The number of hydrogen-bond acceptors (Lipinski definition) is 3. The first-order valence-corrected chi connectivity index (χ1v) is 7.44. The molecule has 2 aliphatic rings. The molecule has 0 bridgehead atoms. The molecule has 3 rings (SSSR count). The zero-order valence-corrected chi connectivity index (χ0v) is 11.6. The zero-order chi connectivity index (χ0) is 13.3. The zero-order valence-electron chi connectivity index (χ0n) is 11.6. The predicted molar refractivity (Wildman–Crippen MR) is 72.3 cm³/mol. The highest BCUT2D eigenvalue weighted by Gasteiger charge is 2.40. The van der Waals surface area contributed by atoms with Crippen LogP contribution in [0.2, 0.25) is 0 Å². The van der Waals surface area contributed by atoms with Crippen LogP contribution in [0.25, 0.3) is 0 Å². The van der Waals surface area contributed by atoms with Crippen molar-refractivity contribution in [1.82, 2.24) is 9.78 Å². The first-order chi connectivity index (χ1) is 9.22. The number of aromatic nitrogens is 2. The summed E-state index contributed by atoms with van der Waals surface area (Å²) in [5.74, 6) is 0.175. The Labute approximate surface area is 114 Å². The van der Waals surface area contributed by atoms with Gasteiger partial charge in [0.2, 0.25) is 0 Å². The van der Waals surface area contributed by atoms with Gasteiger partial charge in [-0.05, 0) is 25.7 Å². The van der Waals surface area contributed by atoms with Crippen molar-refractivity contribution in [2.75, 3.05) is 6.61 Å². The molecule has 0 radical (unpaired) electrons. The number of ether oxygens (including phenoxy) is 1. The van der Waals surface area contributed by atoms with Crippen molar-refractivity contribution in [3.05, 3.63) is 18.0 Å². The molecule has 1 spiro atoms. The van der Waals surface area contributed by atoms with Crippen molar-refractivity contribution in [3.8, 4) is 0 Å². The number of Topliss-reactive ketones (excluding diaryl/α,β-unsaturated/α-hetero) is 1. The number of hydrogen-bond donors (Lipinski definition) is 0. The van der Waals surface area contributed by atoms with E-state index in [4.69, 9.17) is 4.74 Å². The minimum atomic E-state index is 0.101. The molecule has 1 saturated carbocycles. The minimum Gasteiger partial charge on any atom is -0.375 e. The van der Waals surface area contributed by atoms with Gasteiger partial charge in [0.15, 0.2) is 5.78 Å². The molecule has 2 heterocycles. The lowest BCUT2D eigenvalue weighted by atomic mass is 9.89. The quantitative estimate of drug-likeness (QED) is 0.786. The van der Waals surface area contributed by atoms with Crippen LogP contribution in [0, 0.1) is 0 Å². The molecule has 1 unspecified atom stereocenters. The molecule has 1 saturated heterocycles. The lowest BCUT2D eigenvalue weighted by molar-refractivity contribution is -0.0909. The van der Waals surface area contributed by atoms with Crippen LogP contribution in [-0.4, -0.2) is 27.8 Å². The van der Waals surface area contributed by atoms with Gasteiger partial charge >= 0.3 is 0 Å². The molecule has 19 heavy (non-hydrogen) atoms. The second kappa shape index (κ2) is 5.08. The van der Waals surface area contributed by atoms with Gasteiger partial charge in [0.25, 0.3) is 0 Å². The molecule has 1 aliphatic carbocycles. The second-order valence-corrected chi connectivity index (χ2v) is 5.87. The number of ketones is 1.